The molecular weight excluding hydrogens is 318 g/mol. The molecule has 126 valence electrons. The molecule has 0 rings (SSSR count). The Hall–Kier alpha value is -1.97. The monoisotopic (exact) mass is 337 g/mol. The van der Waals surface area contributed by atoms with Gasteiger partial charge in [-0.25, -0.2) is 9.59 Å². The lowest BCUT2D eigenvalue weighted by Gasteiger charge is -2.07. The molecule has 22 heavy (non-hydrogen) atoms. The Labute approximate surface area is 132 Å². The van der Waals surface area contributed by atoms with Gasteiger partial charge in [-0.2, -0.15) is 0 Å². The summed E-state index contributed by atoms with van der Waals surface area (Å²) in [5.74, 6) is -0.703. The van der Waals surface area contributed by atoms with Crippen LogP contribution in [0.25, 0.3) is 0 Å². The number of alkyl carbamates (subject to hydrolysis) is 1. The molecule has 0 bridgehead atoms. The van der Waals surface area contributed by atoms with E-state index in [1.807, 2.05) is 0 Å². The zero-order chi connectivity index (χ0) is 16.8. The average Bonchev–Trinajstić information content (AvgIpc) is 2.51. The zero-order valence-electron chi connectivity index (χ0n) is 12.4. The van der Waals surface area contributed by atoms with Gasteiger partial charge in [-0.05, 0) is 11.8 Å². The molecule has 9 nitrogen and oxygen atoms in total. The average molecular weight is 337 g/mol. The summed E-state index contributed by atoms with van der Waals surface area (Å²) < 4.78 is 18.2. The Balaban J connectivity index is 3.50. The van der Waals surface area contributed by atoms with Crippen molar-refractivity contribution in [1.29, 1.82) is 0 Å². The summed E-state index contributed by atoms with van der Waals surface area (Å²) in [4.78, 5) is 43.8. The van der Waals surface area contributed by atoms with Gasteiger partial charge >= 0.3 is 23.3 Å². The second-order valence-corrected chi connectivity index (χ2v) is 4.61. The van der Waals surface area contributed by atoms with Gasteiger partial charge in [-0.15, -0.1) is 0 Å². The summed E-state index contributed by atoms with van der Waals surface area (Å²) >= 11 is 0.802. The minimum atomic E-state index is -0.769. The van der Waals surface area contributed by atoms with E-state index in [0.717, 1.165) is 11.8 Å². The van der Waals surface area contributed by atoms with Crippen molar-refractivity contribution < 1.29 is 38.1 Å². The van der Waals surface area contributed by atoms with E-state index in [4.69, 9.17) is 0 Å². The number of esters is 2. The molecule has 0 saturated carbocycles. The molecule has 0 aliphatic heterocycles. The van der Waals surface area contributed by atoms with Crippen LogP contribution in [0.15, 0.2) is 0 Å². The molecule has 0 unspecified atom stereocenters. The Kier molecular flexibility index (Phi) is 11.6. The lowest BCUT2D eigenvalue weighted by atomic mass is 10.5. The lowest BCUT2D eigenvalue weighted by Crippen LogP contribution is -2.28. The molecule has 0 aliphatic rings. The fraction of sp³-hybridized carbons (Fsp3) is 0.667. The smallest absolute Gasteiger partial charge is 0.410 e. The number of ether oxygens (including phenoxy) is 4. The minimum absolute atomic E-state index is 0.148. The van der Waals surface area contributed by atoms with Crippen LogP contribution >= 0.6 is 11.8 Å². The molecule has 0 saturated heterocycles. The van der Waals surface area contributed by atoms with Crippen LogP contribution in [-0.4, -0.2) is 49.2 Å². The van der Waals surface area contributed by atoms with E-state index in [1.165, 1.54) is 0 Å². The van der Waals surface area contributed by atoms with E-state index in [-0.39, 0.29) is 25.1 Å². The largest absolute Gasteiger partial charge is 0.428 e. The van der Waals surface area contributed by atoms with E-state index in [9.17, 15) is 19.2 Å². The maximum atomic E-state index is 11.2. The van der Waals surface area contributed by atoms with Crippen molar-refractivity contribution in [2.75, 3.05) is 25.9 Å². The molecule has 0 aromatic heterocycles. The van der Waals surface area contributed by atoms with Crippen molar-refractivity contribution in [3.05, 3.63) is 0 Å². The molecule has 0 spiro atoms. The number of amides is 1. The summed E-state index contributed by atoms with van der Waals surface area (Å²) in [5.41, 5.74) is 0. The fourth-order valence-corrected chi connectivity index (χ4v) is 1.38. The number of hydrogen-bond donors (Lipinski definition) is 1. The van der Waals surface area contributed by atoms with Crippen molar-refractivity contribution in [3.63, 3.8) is 0 Å². The van der Waals surface area contributed by atoms with E-state index in [2.05, 4.69) is 24.3 Å². The lowest BCUT2D eigenvalue weighted by molar-refractivity contribution is -0.152. The van der Waals surface area contributed by atoms with Crippen molar-refractivity contribution >= 4 is 35.1 Å². The summed E-state index contributed by atoms with van der Waals surface area (Å²) in [6.07, 6.45) is -0.378. The predicted octanol–water partition coefficient (Wildman–Crippen LogP) is 1.40. The van der Waals surface area contributed by atoms with Gasteiger partial charge in [0.1, 0.15) is 0 Å². The summed E-state index contributed by atoms with van der Waals surface area (Å²) in [6.45, 7) is 2.48. The van der Waals surface area contributed by atoms with Crippen LogP contribution in [0.5, 0.6) is 0 Å². The Morgan fingerprint density at radius 1 is 0.864 bits per heavy atom. The van der Waals surface area contributed by atoms with Crippen molar-refractivity contribution in [1.82, 2.24) is 5.32 Å². The molecule has 0 radical (unpaired) electrons. The highest BCUT2D eigenvalue weighted by Crippen LogP contribution is 2.04. The molecule has 0 atom stereocenters. The number of nitrogens with one attached hydrogen (secondary N) is 1. The standard InChI is InChI=1S/C12H19NO8S/c1-3-9(14)18-7-20-11(16)13-5-6-22-12(17)21-8-19-10(15)4-2/h3-8H2,1-2H3,(H,13,16). The van der Waals surface area contributed by atoms with Gasteiger partial charge in [0.2, 0.25) is 13.6 Å². The maximum absolute atomic E-state index is 11.2. The Morgan fingerprint density at radius 2 is 1.41 bits per heavy atom. The predicted molar refractivity (Wildman–Crippen MR) is 75.9 cm³/mol. The summed E-state index contributed by atoms with van der Waals surface area (Å²) in [7, 11) is 0. The minimum Gasteiger partial charge on any atom is -0.428 e. The third-order valence-electron chi connectivity index (χ3n) is 1.98. The van der Waals surface area contributed by atoms with Gasteiger partial charge in [0.25, 0.3) is 0 Å². The molecule has 0 fully saturated rings. The first-order valence-electron chi connectivity index (χ1n) is 6.51. The van der Waals surface area contributed by atoms with Gasteiger partial charge in [0.05, 0.1) is 0 Å². The van der Waals surface area contributed by atoms with Crippen LogP contribution in [0.1, 0.15) is 26.7 Å². The Bertz CT molecular complexity index is 351. The highest BCUT2D eigenvalue weighted by atomic mass is 32.2. The van der Waals surface area contributed by atoms with Gasteiger partial charge in [-0.3, -0.25) is 9.59 Å². The molecular formula is C12H19NO8S. The third-order valence-corrected chi connectivity index (χ3v) is 2.74. The fourth-order valence-electron chi connectivity index (χ4n) is 0.876. The number of carbonyl (C=O) groups excluding carboxylic acids is 4. The second kappa shape index (κ2) is 12.7. The van der Waals surface area contributed by atoms with E-state index >= 15 is 0 Å². The van der Waals surface area contributed by atoms with Gasteiger partial charge in [-0.1, -0.05) is 13.8 Å². The molecule has 10 heteroatoms. The van der Waals surface area contributed by atoms with Gasteiger partial charge in [0.15, 0.2) is 0 Å². The van der Waals surface area contributed by atoms with Crippen molar-refractivity contribution in [2.24, 2.45) is 0 Å². The normalized spacial score (nSPS) is 9.55. The summed E-state index contributed by atoms with van der Waals surface area (Å²) in [6, 6.07) is 0. The van der Waals surface area contributed by atoms with Crippen LogP contribution in [0, 0.1) is 0 Å². The first-order chi connectivity index (χ1) is 10.5. The number of hydrogen-bond acceptors (Lipinski definition) is 9. The van der Waals surface area contributed by atoms with Gasteiger partial charge in [0, 0.05) is 25.1 Å². The van der Waals surface area contributed by atoms with E-state index < -0.39 is 36.9 Å². The molecule has 0 aliphatic carbocycles. The second-order valence-electron chi connectivity index (χ2n) is 3.58. The van der Waals surface area contributed by atoms with Crippen LogP contribution < -0.4 is 5.32 Å². The molecule has 1 amide bonds. The van der Waals surface area contributed by atoms with Crippen LogP contribution in [0.3, 0.4) is 0 Å². The maximum Gasteiger partial charge on any atom is 0.410 e. The van der Waals surface area contributed by atoms with Crippen LogP contribution in [0.2, 0.25) is 0 Å². The Morgan fingerprint density at radius 3 is 1.95 bits per heavy atom. The number of rotatable bonds is 9. The van der Waals surface area contributed by atoms with E-state index in [1.54, 1.807) is 13.8 Å². The topological polar surface area (TPSA) is 117 Å². The SMILES string of the molecule is CCC(=O)OCOC(=O)NCCSC(=O)OCOC(=O)CC. The van der Waals surface area contributed by atoms with E-state index in [0.29, 0.717) is 0 Å². The quantitative estimate of drug-likeness (QED) is 0.378. The highest BCUT2D eigenvalue weighted by molar-refractivity contribution is 8.13. The molecule has 0 heterocycles. The molecule has 1 N–H and O–H groups in total. The van der Waals surface area contributed by atoms with Crippen molar-refractivity contribution in [2.45, 2.75) is 26.7 Å². The number of carbonyl (C=O) groups is 4. The molecule has 0 aromatic rings. The zero-order valence-corrected chi connectivity index (χ0v) is 13.2. The summed E-state index contributed by atoms with van der Waals surface area (Å²) in [5, 5.41) is 1.72. The third kappa shape index (κ3) is 11.8. The first kappa shape index (κ1) is 20.0. The van der Waals surface area contributed by atoms with Gasteiger partial charge < -0.3 is 24.3 Å². The first-order valence-corrected chi connectivity index (χ1v) is 7.49. The van der Waals surface area contributed by atoms with Crippen LogP contribution in [-0.2, 0) is 28.5 Å². The van der Waals surface area contributed by atoms with Crippen LogP contribution in [0.4, 0.5) is 9.59 Å². The molecule has 0 aromatic carbocycles. The van der Waals surface area contributed by atoms with Crippen molar-refractivity contribution in [3.8, 4) is 0 Å². The number of thioether (sulfide) groups is 1. The highest BCUT2D eigenvalue weighted by Gasteiger charge is 2.07.